The number of fused-ring (bicyclic) bond motifs is 1. The SMILES string of the molecule is C=CC(=O)N1CCC2(CC=C(c3c(-c4nccc(C)n4)c4c(N)ncnc4n3C)CC2)CC1. The number of rotatable bonds is 3. The summed E-state index contributed by atoms with van der Waals surface area (Å²) < 4.78 is 2.10. The van der Waals surface area contributed by atoms with E-state index in [0.29, 0.717) is 11.6 Å². The zero-order valence-corrected chi connectivity index (χ0v) is 19.2. The second kappa shape index (κ2) is 8.10. The zero-order chi connectivity index (χ0) is 23.2. The number of carbonyl (C=O) groups excluding carboxylic acids is 1. The van der Waals surface area contributed by atoms with Gasteiger partial charge in [0, 0.05) is 32.0 Å². The summed E-state index contributed by atoms with van der Waals surface area (Å²) in [5.41, 5.74) is 11.5. The first-order valence-electron chi connectivity index (χ1n) is 11.4. The van der Waals surface area contributed by atoms with Crippen LogP contribution in [0.2, 0.25) is 0 Å². The van der Waals surface area contributed by atoms with Crippen LogP contribution in [0.4, 0.5) is 5.82 Å². The quantitative estimate of drug-likeness (QED) is 0.620. The van der Waals surface area contributed by atoms with E-state index in [0.717, 1.165) is 73.2 Å². The average Bonchev–Trinajstić information content (AvgIpc) is 3.13. The van der Waals surface area contributed by atoms with Crippen LogP contribution in [0.25, 0.3) is 28.0 Å². The first kappa shape index (κ1) is 21.3. The summed E-state index contributed by atoms with van der Waals surface area (Å²) in [5, 5.41) is 0.804. The Morgan fingerprint density at radius 3 is 2.67 bits per heavy atom. The van der Waals surface area contributed by atoms with Crippen molar-refractivity contribution in [1.82, 2.24) is 29.4 Å². The molecule has 2 N–H and O–H groups in total. The molecule has 0 unspecified atom stereocenters. The Hall–Kier alpha value is -3.55. The fourth-order valence-electron chi connectivity index (χ4n) is 5.38. The van der Waals surface area contributed by atoms with Gasteiger partial charge in [0.15, 0.2) is 5.82 Å². The molecule has 5 rings (SSSR count). The van der Waals surface area contributed by atoms with Crippen molar-refractivity contribution in [2.45, 2.75) is 39.0 Å². The number of carbonyl (C=O) groups is 1. The molecule has 4 heterocycles. The number of aryl methyl sites for hydroxylation is 2. The summed E-state index contributed by atoms with van der Waals surface area (Å²) in [5.74, 6) is 1.12. The molecule has 33 heavy (non-hydrogen) atoms. The number of hydrogen-bond donors (Lipinski definition) is 1. The number of nitrogens with two attached hydrogens (primary N) is 1. The molecular formula is C25H29N7O. The third-order valence-electron chi connectivity index (χ3n) is 7.34. The van der Waals surface area contributed by atoms with Crippen LogP contribution in [-0.4, -0.2) is 48.4 Å². The molecule has 1 spiro atoms. The van der Waals surface area contributed by atoms with Crippen molar-refractivity contribution in [3.8, 4) is 11.4 Å². The topological polar surface area (TPSA) is 103 Å². The van der Waals surface area contributed by atoms with Gasteiger partial charge in [-0.05, 0) is 62.2 Å². The fourth-order valence-corrected chi connectivity index (χ4v) is 5.38. The van der Waals surface area contributed by atoms with Crippen molar-refractivity contribution in [3.63, 3.8) is 0 Å². The molecule has 8 heteroatoms. The highest BCUT2D eigenvalue weighted by molar-refractivity contribution is 6.04. The summed E-state index contributed by atoms with van der Waals surface area (Å²) >= 11 is 0. The van der Waals surface area contributed by atoms with E-state index < -0.39 is 0 Å². The fraction of sp³-hybridized carbons (Fsp3) is 0.400. The molecule has 1 aliphatic heterocycles. The van der Waals surface area contributed by atoms with E-state index in [4.69, 9.17) is 10.7 Å². The average molecular weight is 444 g/mol. The molecule has 3 aromatic heterocycles. The minimum Gasteiger partial charge on any atom is -0.383 e. The van der Waals surface area contributed by atoms with Crippen molar-refractivity contribution >= 4 is 28.3 Å². The third kappa shape index (κ3) is 3.59. The maximum atomic E-state index is 12.0. The number of amides is 1. The standard InChI is InChI=1S/C25H29N7O/c1-4-18(33)32-13-10-25(11-14-32)8-5-17(6-9-25)21-19(23-27-12-7-16(2)30-23)20-22(26)28-15-29-24(20)31(21)3/h4-5,7,12,15H,1,6,8-11,13-14H2,2-3H3,(H2,26,28,29). The molecule has 3 aromatic rings. The summed E-state index contributed by atoms with van der Waals surface area (Å²) in [6.45, 7) is 7.19. The maximum Gasteiger partial charge on any atom is 0.245 e. The summed E-state index contributed by atoms with van der Waals surface area (Å²) in [6, 6.07) is 1.89. The predicted octanol–water partition coefficient (Wildman–Crippen LogP) is 3.68. The molecule has 1 amide bonds. The second-order valence-corrected chi connectivity index (χ2v) is 9.22. The highest BCUT2D eigenvalue weighted by Gasteiger charge is 2.37. The maximum absolute atomic E-state index is 12.0. The molecule has 0 atom stereocenters. The summed E-state index contributed by atoms with van der Waals surface area (Å²) in [4.78, 5) is 32.0. The Kier molecular flexibility index (Phi) is 5.23. The lowest BCUT2D eigenvalue weighted by atomic mass is 9.68. The molecule has 2 aliphatic rings. The summed E-state index contributed by atoms with van der Waals surface area (Å²) in [7, 11) is 2.02. The Morgan fingerprint density at radius 1 is 1.21 bits per heavy atom. The molecule has 170 valence electrons. The van der Waals surface area contributed by atoms with Crippen molar-refractivity contribution in [1.29, 1.82) is 0 Å². The summed E-state index contributed by atoms with van der Waals surface area (Å²) in [6.07, 6.45) is 12.2. The van der Waals surface area contributed by atoms with Crippen molar-refractivity contribution < 1.29 is 4.79 Å². The monoisotopic (exact) mass is 443 g/mol. The van der Waals surface area contributed by atoms with Crippen LogP contribution < -0.4 is 5.73 Å². The number of nitrogens with zero attached hydrogens (tertiary/aromatic N) is 6. The molecule has 0 saturated carbocycles. The lowest BCUT2D eigenvalue weighted by molar-refractivity contribution is -0.128. The van der Waals surface area contributed by atoms with Gasteiger partial charge in [-0.15, -0.1) is 0 Å². The number of nitrogen functional groups attached to an aromatic ring is 1. The molecular weight excluding hydrogens is 414 g/mol. The van der Waals surface area contributed by atoms with Crippen molar-refractivity contribution in [3.05, 3.63) is 48.7 Å². The number of anilines is 1. The van der Waals surface area contributed by atoms with Gasteiger partial charge in [-0.3, -0.25) is 4.79 Å². The van der Waals surface area contributed by atoms with Crippen LogP contribution in [0.15, 0.2) is 37.3 Å². The van der Waals surface area contributed by atoms with Gasteiger partial charge in [0.05, 0.1) is 16.6 Å². The molecule has 8 nitrogen and oxygen atoms in total. The van der Waals surface area contributed by atoms with Gasteiger partial charge in [0.2, 0.25) is 5.91 Å². The smallest absolute Gasteiger partial charge is 0.245 e. The molecule has 0 bridgehead atoms. The number of aromatic nitrogens is 5. The van der Waals surface area contributed by atoms with Gasteiger partial charge >= 0.3 is 0 Å². The lowest BCUT2D eigenvalue weighted by Gasteiger charge is -2.43. The zero-order valence-electron chi connectivity index (χ0n) is 19.2. The van der Waals surface area contributed by atoms with Gasteiger partial charge in [0.25, 0.3) is 0 Å². The molecule has 1 aliphatic carbocycles. The third-order valence-corrected chi connectivity index (χ3v) is 7.34. The van der Waals surface area contributed by atoms with Crippen LogP contribution in [0.1, 0.15) is 43.5 Å². The van der Waals surface area contributed by atoms with Gasteiger partial charge in [-0.2, -0.15) is 0 Å². The van der Waals surface area contributed by atoms with Crippen LogP contribution in [-0.2, 0) is 11.8 Å². The molecule has 1 fully saturated rings. The van der Waals surface area contributed by atoms with Crippen LogP contribution >= 0.6 is 0 Å². The number of allylic oxidation sites excluding steroid dienone is 2. The predicted molar refractivity (Wildman–Crippen MR) is 129 cm³/mol. The van der Waals surface area contributed by atoms with Crippen LogP contribution in [0, 0.1) is 12.3 Å². The Morgan fingerprint density at radius 2 is 2.00 bits per heavy atom. The highest BCUT2D eigenvalue weighted by atomic mass is 16.2. The van der Waals surface area contributed by atoms with Crippen molar-refractivity contribution in [2.75, 3.05) is 18.8 Å². The normalized spacial score (nSPS) is 17.9. The van der Waals surface area contributed by atoms with Crippen LogP contribution in [0.3, 0.4) is 0 Å². The lowest BCUT2D eigenvalue weighted by Crippen LogP contribution is -2.43. The molecule has 0 aromatic carbocycles. The Balaban J connectivity index is 1.54. The number of piperidine rings is 1. The van der Waals surface area contributed by atoms with Crippen LogP contribution in [0.5, 0.6) is 0 Å². The van der Waals surface area contributed by atoms with E-state index >= 15 is 0 Å². The number of likely N-dealkylation sites (tertiary alicyclic amines) is 1. The second-order valence-electron chi connectivity index (χ2n) is 9.22. The largest absolute Gasteiger partial charge is 0.383 e. The minimum absolute atomic E-state index is 0.0360. The van der Waals surface area contributed by atoms with E-state index in [9.17, 15) is 4.79 Å². The van der Waals surface area contributed by atoms with Gasteiger partial charge in [-0.1, -0.05) is 12.7 Å². The van der Waals surface area contributed by atoms with Crippen molar-refractivity contribution in [2.24, 2.45) is 12.5 Å². The molecule has 0 radical (unpaired) electrons. The minimum atomic E-state index is 0.0360. The number of hydrogen-bond acceptors (Lipinski definition) is 6. The van der Waals surface area contributed by atoms with Gasteiger partial charge in [0.1, 0.15) is 17.8 Å². The first-order chi connectivity index (χ1) is 15.9. The van der Waals surface area contributed by atoms with Gasteiger partial charge in [-0.25, -0.2) is 19.9 Å². The Labute approximate surface area is 193 Å². The van der Waals surface area contributed by atoms with E-state index in [-0.39, 0.29) is 11.3 Å². The molecule has 1 saturated heterocycles. The highest BCUT2D eigenvalue weighted by Crippen LogP contribution is 2.48. The van der Waals surface area contributed by atoms with E-state index in [1.54, 1.807) is 6.20 Å². The van der Waals surface area contributed by atoms with E-state index in [2.05, 4.69) is 32.2 Å². The van der Waals surface area contributed by atoms with E-state index in [1.165, 1.54) is 18.0 Å². The Bertz CT molecular complexity index is 1280. The van der Waals surface area contributed by atoms with E-state index in [1.807, 2.05) is 24.9 Å². The first-order valence-corrected chi connectivity index (χ1v) is 11.4. The van der Waals surface area contributed by atoms with Gasteiger partial charge < -0.3 is 15.2 Å².